The van der Waals surface area contributed by atoms with Crippen molar-refractivity contribution in [3.05, 3.63) is 60.1 Å². The van der Waals surface area contributed by atoms with Crippen molar-refractivity contribution in [1.29, 1.82) is 0 Å². The molecule has 0 spiro atoms. The monoisotopic (exact) mass is 449 g/mol. The SMILES string of the molecule is COc1ccc(Nc2ccc(C(=O)c3c[nH]c4ncnc(N5CCOCC5)c34)c(F)n2)cn1. The molecule has 1 aliphatic rings. The molecule has 2 N–H and O–H groups in total. The van der Waals surface area contributed by atoms with Gasteiger partial charge in [0.25, 0.3) is 0 Å². The van der Waals surface area contributed by atoms with Crippen molar-refractivity contribution in [2.45, 2.75) is 0 Å². The Morgan fingerprint density at radius 2 is 2.00 bits per heavy atom. The summed E-state index contributed by atoms with van der Waals surface area (Å²) in [6.45, 7) is 2.41. The summed E-state index contributed by atoms with van der Waals surface area (Å²) in [7, 11) is 1.52. The number of aromatic nitrogens is 5. The first kappa shape index (κ1) is 20.8. The second-order valence-corrected chi connectivity index (χ2v) is 7.30. The second kappa shape index (κ2) is 8.79. The molecule has 5 rings (SSSR count). The Labute approximate surface area is 187 Å². The summed E-state index contributed by atoms with van der Waals surface area (Å²) in [4.78, 5) is 34.9. The number of carbonyl (C=O) groups is 1. The molecule has 5 heterocycles. The van der Waals surface area contributed by atoms with E-state index in [1.807, 2.05) is 4.90 Å². The quantitative estimate of drug-likeness (QED) is 0.338. The molecule has 0 aliphatic carbocycles. The van der Waals surface area contributed by atoms with E-state index in [-0.39, 0.29) is 16.9 Å². The number of carbonyl (C=O) groups excluding carboxylic acids is 1. The topological polar surface area (TPSA) is 118 Å². The van der Waals surface area contributed by atoms with Crippen LogP contribution in [0.4, 0.5) is 21.7 Å². The van der Waals surface area contributed by atoms with Gasteiger partial charge in [-0.3, -0.25) is 4.79 Å². The van der Waals surface area contributed by atoms with Gasteiger partial charge in [0.1, 0.15) is 23.6 Å². The summed E-state index contributed by atoms with van der Waals surface area (Å²) < 4.78 is 25.3. The van der Waals surface area contributed by atoms with Gasteiger partial charge in [0, 0.05) is 25.4 Å². The molecule has 0 bridgehead atoms. The molecule has 0 amide bonds. The molecule has 11 heteroatoms. The summed E-state index contributed by atoms with van der Waals surface area (Å²) in [5.41, 5.74) is 1.25. The minimum atomic E-state index is -0.884. The van der Waals surface area contributed by atoms with E-state index in [1.54, 1.807) is 12.1 Å². The van der Waals surface area contributed by atoms with E-state index in [2.05, 4.69) is 30.2 Å². The van der Waals surface area contributed by atoms with Crippen LogP contribution in [-0.4, -0.2) is 64.1 Å². The lowest BCUT2D eigenvalue weighted by atomic mass is 10.0. The van der Waals surface area contributed by atoms with Gasteiger partial charge in [-0.25, -0.2) is 19.9 Å². The van der Waals surface area contributed by atoms with Crippen LogP contribution in [0.25, 0.3) is 11.0 Å². The maximum atomic E-state index is 14.9. The molecule has 1 aliphatic heterocycles. The zero-order valence-corrected chi connectivity index (χ0v) is 17.7. The van der Waals surface area contributed by atoms with E-state index >= 15 is 0 Å². The van der Waals surface area contributed by atoms with Crippen LogP contribution in [0.15, 0.2) is 43.0 Å². The number of nitrogens with zero attached hydrogens (tertiary/aromatic N) is 5. The van der Waals surface area contributed by atoms with Crippen molar-refractivity contribution >= 4 is 34.1 Å². The highest BCUT2D eigenvalue weighted by Gasteiger charge is 2.24. The molecule has 0 atom stereocenters. The van der Waals surface area contributed by atoms with E-state index in [1.165, 1.54) is 38.0 Å². The lowest BCUT2D eigenvalue weighted by molar-refractivity contribution is 0.103. The van der Waals surface area contributed by atoms with Gasteiger partial charge in [-0.1, -0.05) is 0 Å². The molecular formula is C22H20FN7O3. The number of ether oxygens (including phenoxy) is 2. The van der Waals surface area contributed by atoms with Crippen molar-refractivity contribution in [3.63, 3.8) is 0 Å². The molecule has 10 nitrogen and oxygen atoms in total. The molecule has 0 saturated carbocycles. The van der Waals surface area contributed by atoms with E-state index in [4.69, 9.17) is 9.47 Å². The number of aromatic amines is 1. The van der Waals surface area contributed by atoms with E-state index in [0.717, 1.165) is 0 Å². The molecule has 168 valence electrons. The number of H-pyrrole nitrogens is 1. The molecule has 4 aromatic heterocycles. The number of nitrogens with one attached hydrogen (secondary N) is 2. The third kappa shape index (κ3) is 4.05. The summed E-state index contributed by atoms with van der Waals surface area (Å²) in [5.74, 6) is -0.0718. The number of morpholine rings is 1. The fraction of sp³-hybridized carbons (Fsp3) is 0.227. The number of halogens is 1. The van der Waals surface area contributed by atoms with Crippen molar-refractivity contribution in [3.8, 4) is 5.88 Å². The van der Waals surface area contributed by atoms with E-state index < -0.39 is 11.7 Å². The number of hydrogen-bond donors (Lipinski definition) is 2. The molecule has 4 aromatic rings. The van der Waals surface area contributed by atoms with E-state index in [0.29, 0.717) is 54.7 Å². The predicted molar refractivity (Wildman–Crippen MR) is 119 cm³/mol. The summed E-state index contributed by atoms with van der Waals surface area (Å²) in [6, 6.07) is 6.33. The number of methoxy groups -OCH3 is 1. The fourth-order valence-electron chi connectivity index (χ4n) is 3.68. The molecule has 1 saturated heterocycles. The van der Waals surface area contributed by atoms with Crippen LogP contribution in [0.5, 0.6) is 5.88 Å². The largest absolute Gasteiger partial charge is 0.481 e. The first-order chi connectivity index (χ1) is 16.1. The van der Waals surface area contributed by atoms with Crippen molar-refractivity contribution in [2.75, 3.05) is 43.6 Å². The molecule has 33 heavy (non-hydrogen) atoms. The molecule has 1 fully saturated rings. The van der Waals surface area contributed by atoms with Crippen molar-refractivity contribution < 1.29 is 18.7 Å². The maximum Gasteiger partial charge on any atom is 0.226 e. The summed E-state index contributed by atoms with van der Waals surface area (Å²) >= 11 is 0. The Kier molecular flexibility index (Phi) is 5.53. The normalized spacial score (nSPS) is 13.8. The number of pyridine rings is 2. The number of hydrogen-bond acceptors (Lipinski definition) is 9. The lowest BCUT2D eigenvalue weighted by Gasteiger charge is -2.28. The van der Waals surface area contributed by atoms with Crippen LogP contribution in [0.2, 0.25) is 0 Å². The van der Waals surface area contributed by atoms with Crippen molar-refractivity contribution in [1.82, 2.24) is 24.9 Å². The Hall–Kier alpha value is -4.12. The first-order valence-corrected chi connectivity index (χ1v) is 10.3. The van der Waals surface area contributed by atoms with E-state index in [9.17, 15) is 9.18 Å². The van der Waals surface area contributed by atoms with Crippen LogP contribution >= 0.6 is 0 Å². The first-order valence-electron chi connectivity index (χ1n) is 10.3. The van der Waals surface area contributed by atoms with Gasteiger partial charge in [-0.05, 0) is 18.2 Å². The number of rotatable bonds is 6. The van der Waals surface area contributed by atoms with Crippen LogP contribution in [-0.2, 0) is 4.74 Å². The second-order valence-electron chi connectivity index (χ2n) is 7.30. The van der Waals surface area contributed by atoms with Gasteiger partial charge in [-0.2, -0.15) is 4.39 Å². The Balaban J connectivity index is 1.44. The third-order valence-electron chi connectivity index (χ3n) is 5.32. The van der Waals surface area contributed by atoms with Crippen LogP contribution in [0, 0.1) is 5.95 Å². The van der Waals surface area contributed by atoms with Gasteiger partial charge < -0.3 is 24.7 Å². The average Bonchev–Trinajstić information content (AvgIpc) is 3.29. The summed E-state index contributed by atoms with van der Waals surface area (Å²) in [5, 5.41) is 3.50. The van der Waals surface area contributed by atoms with Crippen LogP contribution in [0.1, 0.15) is 15.9 Å². The minimum Gasteiger partial charge on any atom is -0.481 e. The maximum absolute atomic E-state index is 14.9. The molecule has 0 unspecified atom stereocenters. The highest BCUT2D eigenvalue weighted by Crippen LogP contribution is 2.29. The zero-order chi connectivity index (χ0) is 22.8. The van der Waals surface area contributed by atoms with Gasteiger partial charge >= 0.3 is 0 Å². The smallest absolute Gasteiger partial charge is 0.226 e. The molecular weight excluding hydrogens is 429 g/mol. The Bertz CT molecular complexity index is 1300. The van der Waals surface area contributed by atoms with Gasteiger partial charge in [-0.15, -0.1) is 0 Å². The number of anilines is 3. The third-order valence-corrected chi connectivity index (χ3v) is 5.32. The van der Waals surface area contributed by atoms with Crippen LogP contribution < -0.4 is 15.0 Å². The fourth-order valence-corrected chi connectivity index (χ4v) is 3.68. The van der Waals surface area contributed by atoms with Gasteiger partial charge in [0.15, 0.2) is 5.78 Å². The van der Waals surface area contributed by atoms with Gasteiger partial charge in [0.2, 0.25) is 11.8 Å². The summed E-state index contributed by atoms with van der Waals surface area (Å²) in [6.07, 6.45) is 4.51. The highest BCUT2D eigenvalue weighted by molar-refractivity contribution is 6.18. The number of ketones is 1. The molecule has 0 aromatic carbocycles. The minimum absolute atomic E-state index is 0.147. The van der Waals surface area contributed by atoms with Gasteiger partial charge in [0.05, 0.1) is 48.7 Å². The predicted octanol–water partition coefficient (Wildman–Crippen LogP) is 2.71. The standard InChI is InChI=1S/C22H20FN7O3/c1-32-17-5-2-13(10-24-17)28-16-4-3-14(20(23)29-16)19(31)15-11-25-21-18(15)22(27-12-26-21)30-6-8-33-9-7-30/h2-5,10-12H,6-9H2,1H3,(H,28,29)(H,25,26,27). The molecule has 0 radical (unpaired) electrons. The van der Waals surface area contributed by atoms with Crippen LogP contribution in [0.3, 0.4) is 0 Å². The van der Waals surface area contributed by atoms with Crippen molar-refractivity contribution in [2.24, 2.45) is 0 Å². The lowest BCUT2D eigenvalue weighted by Crippen LogP contribution is -2.37. The highest BCUT2D eigenvalue weighted by atomic mass is 19.1. The Morgan fingerprint density at radius 3 is 2.73 bits per heavy atom. The average molecular weight is 449 g/mol. The number of fused-ring (bicyclic) bond motifs is 1. The Morgan fingerprint density at radius 1 is 1.15 bits per heavy atom. The zero-order valence-electron chi connectivity index (χ0n) is 17.7.